The molecule has 5 nitrogen and oxygen atoms in total. The number of nitrogens with zero attached hydrogens (tertiary/aromatic N) is 3. The monoisotopic (exact) mass is 315 g/mol. The summed E-state index contributed by atoms with van der Waals surface area (Å²) in [5, 5.41) is 16.4. The minimum Gasteiger partial charge on any atom is -0.507 e. The van der Waals surface area contributed by atoms with Crippen LogP contribution in [0.1, 0.15) is 31.9 Å². The number of benzene rings is 1. The molecule has 0 atom stereocenters. The normalized spacial score (nSPS) is 12.0. The molecule has 22 heavy (non-hydrogen) atoms. The zero-order valence-corrected chi connectivity index (χ0v) is 13.7. The molecule has 2 aromatic heterocycles. The first kappa shape index (κ1) is 14.7. The summed E-state index contributed by atoms with van der Waals surface area (Å²) in [6.45, 7) is 8.07. The van der Waals surface area contributed by atoms with Crippen LogP contribution in [0, 0.1) is 6.92 Å². The lowest BCUT2D eigenvalue weighted by atomic mass is 9.84. The van der Waals surface area contributed by atoms with Gasteiger partial charge in [-0.1, -0.05) is 20.8 Å². The maximum absolute atomic E-state index is 11.3. The van der Waals surface area contributed by atoms with E-state index < -0.39 is 0 Å². The van der Waals surface area contributed by atoms with Crippen molar-refractivity contribution in [1.82, 2.24) is 14.6 Å². The third-order valence-electron chi connectivity index (χ3n) is 3.58. The summed E-state index contributed by atoms with van der Waals surface area (Å²) < 4.78 is 1.66. The van der Waals surface area contributed by atoms with Gasteiger partial charge in [0, 0.05) is 16.5 Å². The number of aryl methyl sites for hydroxylation is 1. The summed E-state index contributed by atoms with van der Waals surface area (Å²) in [5.41, 5.74) is 3.00. The Morgan fingerprint density at radius 3 is 2.68 bits per heavy atom. The number of phenolic OH excluding ortho intramolecular Hbond substituents is 1. The van der Waals surface area contributed by atoms with Gasteiger partial charge >= 0.3 is 0 Å². The highest BCUT2D eigenvalue weighted by Crippen LogP contribution is 2.37. The summed E-state index contributed by atoms with van der Waals surface area (Å²) in [4.78, 5) is 15.8. The van der Waals surface area contributed by atoms with Crippen molar-refractivity contribution in [1.29, 1.82) is 0 Å². The van der Waals surface area contributed by atoms with Gasteiger partial charge in [0.25, 0.3) is 5.56 Å². The summed E-state index contributed by atoms with van der Waals surface area (Å²) in [6.07, 6.45) is 1.21. The Morgan fingerprint density at radius 2 is 2.00 bits per heavy atom. The van der Waals surface area contributed by atoms with E-state index in [0.717, 1.165) is 22.4 Å². The lowest BCUT2D eigenvalue weighted by molar-refractivity contribution is 0.443. The molecule has 0 saturated carbocycles. The van der Waals surface area contributed by atoms with Crippen molar-refractivity contribution in [3.63, 3.8) is 0 Å². The van der Waals surface area contributed by atoms with Gasteiger partial charge < -0.3 is 5.11 Å². The zero-order valence-electron chi connectivity index (χ0n) is 12.9. The molecule has 0 amide bonds. The molecular formula is C16H17N3O2S. The van der Waals surface area contributed by atoms with Crippen LogP contribution >= 0.6 is 11.3 Å². The first-order valence-electron chi connectivity index (χ1n) is 6.95. The number of rotatable bonds is 1. The predicted octanol–water partition coefficient (Wildman–Crippen LogP) is 3.13. The molecule has 0 aliphatic rings. The van der Waals surface area contributed by atoms with Crippen molar-refractivity contribution in [3.8, 4) is 17.0 Å². The third-order valence-corrected chi connectivity index (χ3v) is 4.40. The minimum atomic E-state index is -0.342. The van der Waals surface area contributed by atoms with Crippen LogP contribution in [0.15, 0.2) is 28.5 Å². The molecule has 114 valence electrons. The Hall–Kier alpha value is -2.21. The molecule has 0 bridgehead atoms. The van der Waals surface area contributed by atoms with E-state index in [1.807, 2.05) is 24.4 Å². The molecule has 2 heterocycles. The molecule has 0 saturated heterocycles. The Labute approximate surface area is 131 Å². The highest BCUT2D eigenvalue weighted by Gasteiger charge is 2.21. The molecule has 0 spiro atoms. The maximum atomic E-state index is 11.3. The van der Waals surface area contributed by atoms with Crippen LogP contribution in [-0.4, -0.2) is 19.7 Å². The molecule has 1 aromatic carbocycles. The lowest BCUT2D eigenvalue weighted by Gasteiger charge is -2.22. The number of hydrogen-bond donors (Lipinski definition) is 1. The van der Waals surface area contributed by atoms with E-state index in [0.29, 0.717) is 10.7 Å². The molecule has 3 aromatic rings. The second-order valence-electron chi connectivity index (χ2n) is 6.35. The number of aromatic hydroxyl groups is 1. The van der Waals surface area contributed by atoms with Crippen LogP contribution in [0.25, 0.3) is 16.2 Å². The van der Waals surface area contributed by atoms with Gasteiger partial charge in [0.15, 0.2) is 0 Å². The van der Waals surface area contributed by atoms with E-state index in [1.54, 1.807) is 4.52 Å². The molecule has 1 N–H and O–H groups in total. The zero-order chi connectivity index (χ0) is 16.1. The number of fused-ring (bicyclic) bond motifs is 1. The fourth-order valence-corrected chi connectivity index (χ4v) is 3.26. The van der Waals surface area contributed by atoms with Crippen LogP contribution in [-0.2, 0) is 5.41 Å². The van der Waals surface area contributed by atoms with Crippen LogP contribution in [0.4, 0.5) is 0 Å². The van der Waals surface area contributed by atoms with Gasteiger partial charge in [-0.3, -0.25) is 4.79 Å². The Morgan fingerprint density at radius 1 is 1.27 bits per heavy atom. The van der Waals surface area contributed by atoms with Crippen LogP contribution in [0.3, 0.4) is 0 Å². The Kier molecular flexibility index (Phi) is 3.29. The highest BCUT2D eigenvalue weighted by atomic mass is 32.1. The standard InChI is InChI=1S/C16H17N3O2S/c1-9-5-10(6-11(14(9)21)16(2,3)4)12-8-22-15-18-13(20)7-17-19(12)15/h5-8,21H,1-4H3. The van der Waals surface area contributed by atoms with E-state index in [4.69, 9.17) is 0 Å². The van der Waals surface area contributed by atoms with E-state index in [-0.39, 0.29) is 11.0 Å². The van der Waals surface area contributed by atoms with Crippen molar-refractivity contribution in [2.45, 2.75) is 33.1 Å². The van der Waals surface area contributed by atoms with Crippen molar-refractivity contribution in [2.75, 3.05) is 0 Å². The summed E-state index contributed by atoms with van der Waals surface area (Å²) in [5.74, 6) is 0.328. The van der Waals surface area contributed by atoms with Gasteiger partial charge in [0.05, 0.1) is 5.69 Å². The number of thiazole rings is 1. The molecule has 0 unspecified atom stereocenters. The molecule has 6 heteroatoms. The molecule has 3 rings (SSSR count). The average molecular weight is 315 g/mol. The second-order valence-corrected chi connectivity index (χ2v) is 7.19. The summed E-state index contributed by atoms with van der Waals surface area (Å²) >= 11 is 1.37. The first-order valence-corrected chi connectivity index (χ1v) is 7.83. The minimum absolute atomic E-state index is 0.171. The number of hydrogen-bond acceptors (Lipinski definition) is 5. The van der Waals surface area contributed by atoms with Crippen molar-refractivity contribution < 1.29 is 5.11 Å². The number of aromatic nitrogens is 3. The molecular weight excluding hydrogens is 298 g/mol. The molecule has 0 aliphatic carbocycles. The van der Waals surface area contributed by atoms with E-state index in [2.05, 4.69) is 30.9 Å². The fourth-order valence-electron chi connectivity index (χ4n) is 2.42. The molecule has 0 fully saturated rings. The number of phenols is 1. The van der Waals surface area contributed by atoms with Gasteiger partial charge in [0.2, 0.25) is 4.96 Å². The van der Waals surface area contributed by atoms with Gasteiger partial charge in [0.1, 0.15) is 11.9 Å². The average Bonchev–Trinajstić information content (AvgIpc) is 2.83. The summed E-state index contributed by atoms with van der Waals surface area (Å²) in [6, 6.07) is 3.90. The van der Waals surface area contributed by atoms with Crippen LogP contribution in [0.5, 0.6) is 5.75 Å². The van der Waals surface area contributed by atoms with Gasteiger partial charge in [-0.15, -0.1) is 11.3 Å². The van der Waals surface area contributed by atoms with Crippen molar-refractivity contribution >= 4 is 16.3 Å². The fraction of sp³-hybridized carbons (Fsp3) is 0.312. The second kappa shape index (κ2) is 4.91. The maximum Gasteiger partial charge on any atom is 0.292 e. The van der Waals surface area contributed by atoms with Crippen LogP contribution in [0.2, 0.25) is 0 Å². The predicted molar refractivity (Wildman–Crippen MR) is 87.7 cm³/mol. The third kappa shape index (κ3) is 2.39. The SMILES string of the molecule is Cc1cc(-c2csc3nc(=O)cnn23)cc(C(C)(C)C)c1O. The van der Waals surface area contributed by atoms with E-state index >= 15 is 0 Å². The highest BCUT2D eigenvalue weighted by molar-refractivity contribution is 7.15. The van der Waals surface area contributed by atoms with E-state index in [1.165, 1.54) is 17.5 Å². The Balaban J connectivity index is 2.27. The summed E-state index contributed by atoms with van der Waals surface area (Å²) in [7, 11) is 0. The van der Waals surface area contributed by atoms with Gasteiger partial charge in [-0.2, -0.15) is 10.1 Å². The van der Waals surface area contributed by atoms with Crippen molar-refractivity contribution in [3.05, 3.63) is 45.2 Å². The first-order chi connectivity index (χ1) is 10.3. The smallest absolute Gasteiger partial charge is 0.292 e. The van der Waals surface area contributed by atoms with Gasteiger partial charge in [-0.25, -0.2) is 4.52 Å². The van der Waals surface area contributed by atoms with Crippen LogP contribution < -0.4 is 5.56 Å². The topological polar surface area (TPSA) is 67.5 Å². The quantitative estimate of drug-likeness (QED) is 0.749. The lowest BCUT2D eigenvalue weighted by Crippen LogP contribution is -2.12. The van der Waals surface area contributed by atoms with E-state index in [9.17, 15) is 9.90 Å². The van der Waals surface area contributed by atoms with Crippen molar-refractivity contribution in [2.24, 2.45) is 0 Å². The Bertz CT molecular complexity index is 919. The molecule has 0 aliphatic heterocycles. The molecule has 0 radical (unpaired) electrons. The van der Waals surface area contributed by atoms with Gasteiger partial charge in [-0.05, 0) is 30.0 Å². The largest absolute Gasteiger partial charge is 0.507 e.